The van der Waals surface area contributed by atoms with Gasteiger partial charge >= 0.3 is 6.09 Å². The Balaban J connectivity index is 1.90. The van der Waals surface area contributed by atoms with E-state index < -0.39 is 12.1 Å². The highest BCUT2D eigenvalue weighted by Gasteiger charge is 2.21. The summed E-state index contributed by atoms with van der Waals surface area (Å²) in [5.41, 5.74) is 0.868. The van der Waals surface area contributed by atoms with Crippen molar-refractivity contribution in [3.63, 3.8) is 0 Å². The number of ether oxygens (including phenoxy) is 2. The Morgan fingerprint density at radius 2 is 2.13 bits per heavy atom. The molecule has 2 N–H and O–H groups in total. The summed E-state index contributed by atoms with van der Waals surface area (Å²) in [6, 6.07) is 8.98. The first-order chi connectivity index (χ1) is 11.2. The second kappa shape index (κ2) is 9.15. The van der Waals surface area contributed by atoms with Crippen LogP contribution >= 0.6 is 0 Å². The molecule has 2 atom stereocenters. The van der Waals surface area contributed by atoms with Crippen molar-refractivity contribution in [2.24, 2.45) is 0 Å². The summed E-state index contributed by atoms with van der Waals surface area (Å²) in [5, 5.41) is 5.61. The van der Waals surface area contributed by atoms with Gasteiger partial charge in [-0.2, -0.15) is 0 Å². The Morgan fingerprint density at radius 1 is 1.35 bits per heavy atom. The molecule has 1 aliphatic heterocycles. The molecule has 0 spiro atoms. The monoisotopic (exact) mass is 320 g/mol. The van der Waals surface area contributed by atoms with Gasteiger partial charge in [-0.3, -0.25) is 4.79 Å². The molecule has 1 fully saturated rings. The first-order valence-corrected chi connectivity index (χ1v) is 8.05. The van der Waals surface area contributed by atoms with Crippen LogP contribution in [0, 0.1) is 0 Å². The highest BCUT2D eigenvalue weighted by Crippen LogP contribution is 2.17. The number of alkyl carbamates (subject to hydrolysis) is 1. The molecule has 0 aromatic heterocycles. The molecule has 1 aromatic rings. The summed E-state index contributed by atoms with van der Waals surface area (Å²) in [4.78, 5) is 23.9. The average molecular weight is 320 g/mol. The van der Waals surface area contributed by atoms with Crippen LogP contribution in [0.25, 0.3) is 0 Å². The van der Waals surface area contributed by atoms with Gasteiger partial charge in [-0.1, -0.05) is 30.3 Å². The third-order valence-corrected chi connectivity index (χ3v) is 3.71. The number of benzene rings is 1. The van der Waals surface area contributed by atoms with Crippen molar-refractivity contribution in [3.8, 4) is 0 Å². The molecule has 0 saturated carbocycles. The van der Waals surface area contributed by atoms with E-state index in [1.165, 1.54) is 0 Å². The molecule has 126 valence electrons. The number of nitrogens with one attached hydrogen (secondary N) is 2. The largest absolute Gasteiger partial charge is 0.450 e. The van der Waals surface area contributed by atoms with Gasteiger partial charge < -0.3 is 20.1 Å². The predicted octanol–water partition coefficient (Wildman–Crippen LogP) is 2.16. The van der Waals surface area contributed by atoms with E-state index in [1.54, 1.807) is 6.92 Å². The number of rotatable bonds is 7. The molecule has 1 aromatic carbocycles. The number of carbonyl (C=O) groups is 2. The molecule has 0 aliphatic carbocycles. The summed E-state index contributed by atoms with van der Waals surface area (Å²) >= 11 is 0. The van der Waals surface area contributed by atoms with E-state index >= 15 is 0 Å². The van der Waals surface area contributed by atoms with Gasteiger partial charge in [0.1, 0.15) is 0 Å². The molecule has 0 bridgehead atoms. The van der Waals surface area contributed by atoms with Crippen LogP contribution < -0.4 is 10.6 Å². The van der Waals surface area contributed by atoms with Crippen LogP contribution in [0.3, 0.4) is 0 Å². The molecule has 23 heavy (non-hydrogen) atoms. The molecule has 1 heterocycles. The van der Waals surface area contributed by atoms with Gasteiger partial charge in [0, 0.05) is 13.2 Å². The quantitative estimate of drug-likeness (QED) is 0.807. The maximum Gasteiger partial charge on any atom is 0.407 e. The summed E-state index contributed by atoms with van der Waals surface area (Å²) in [7, 11) is 0. The number of carbonyl (C=O) groups excluding carboxylic acids is 2. The lowest BCUT2D eigenvalue weighted by Gasteiger charge is -2.19. The van der Waals surface area contributed by atoms with Crippen molar-refractivity contribution >= 4 is 12.0 Å². The van der Waals surface area contributed by atoms with Crippen LogP contribution in [0.5, 0.6) is 0 Å². The summed E-state index contributed by atoms with van der Waals surface area (Å²) in [5.74, 6) is -0.119. The SMILES string of the molecule is CCOC(=O)NC(CC(=O)NCC1CCCO1)c1ccccc1. The van der Waals surface area contributed by atoms with Gasteiger partial charge in [0.25, 0.3) is 0 Å². The van der Waals surface area contributed by atoms with Gasteiger partial charge in [-0.25, -0.2) is 4.79 Å². The van der Waals surface area contributed by atoms with Crippen molar-refractivity contribution in [3.05, 3.63) is 35.9 Å². The van der Waals surface area contributed by atoms with Gasteiger partial charge in [0.05, 0.1) is 25.2 Å². The fourth-order valence-corrected chi connectivity index (χ4v) is 2.54. The summed E-state index contributed by atoms with van der Waals surface area (Å²) in [6.45, 7) is 3.31. The van der Waals surface area contributed by atoms with Gasteiger partial charge in [0.15, 0.2) is 0 Å². The van der Waals surface area contributed by atoms with E-state index in [4.69, 9.17) is 9.47 Å². The Kier molecular flexibility index (Phi) is 6.87. The topological polar surface area (TPSA) is 76.7 Å². The first kappa shape index (κ1) is 17.3. The Hall–Kier alpha value is -2.08. The Labute approximate surface area is 136 Å². The molecule has 1 aliphatic rings. The van der Waals surface area contributed by atoms with E-state index in [9.17, 15) is 9.59 Å². The maximum atomic E-state index is 12.2. The van der Waals surface area contributed by atoms with Crippen molar-refractivity contribution < 1.29 is 19.1 Å². The van der Waals surface area contributed by atoms with E-state index in [1.807, 2.05) is 30.3 Å². The van der Waals surface area contributed by atoms with Crippen molar-refractivity contribution in [1.82, 2.24) is 10.6 Å². The summed E-state index contributed by atoms with van der Waals surface area (Å²) < 4.78 is 10.4. The second-order valence-corrected chi connectivity index (χ2v) is 5.47. The van der Waals surface area contributed by atoms with E-state index in [2.05, 4.69) is 10.6 Å². The van der Waals surface area contributed by atoms with Crippen LogP contribution in [0.4, 0.5) is 4.79 Å². The summed E-state index contributed by atoms with van der Waals surface area (Å²) in [6.07, 6.45) is 1.76. The number of hydrogen-bond donors (Lipinski definition) is 2. The Morgan fingerprint density at radius 3 is 2.78 bits per heavy atom. The number of hydrogen-bond acceptors (Lipinski definition) is 4. The molecule has 2 unspecified atom stereocenters. The molecular formula is C17H24N2O4. The van der Waals surface area contributed by atoms with Crippen LogP contribution in [0.1, 0.15) is 37.8 Å². The standard InChI is InChI=1S/C17H24N2O4/c1-2-22-17(21)19-15(13-7-4-3-5-8-13)11-16(20)18-12-14-9-6-10-23-14/h3-5,7-8,14-15H,2,6,9-12H2,1H3,(H,18,20)(H,19,21). The minimum atomic E-state index is -0.520. The van der Waals surface area contributed by atoms with Gasteiger partial charge in [0.2, 0.25) is 5.91 Å². The van der Waals surface area contributed by atoms with Crippen LogP contribution in [0.2, 0.25) is 0 Å². The fourth-order valence-electron chi connectivity index (χ4n) is 2.54. The van der Waals surface area contributed by atoms with Crippen molar-refractivity contribution in [2.45, 2.75) is 38.3 Å². The molecule has 2 rings (SSSR count). The zero-order valence-electron chi connectivity index (χ0n) is 13.4. The van der Waals surface area contributed by atoms with Gasteiger partial charge in [-0.15, -0.1) is 0 Å². The lowest BCUT2D eigenvalue weighted by molar-refractivity contribution is -0.122. The average Bonchev–Trinajstić information content (AvgIpc) is 3.07. The van der Waals surface area contributed by atoms with E-state index in [0.717, 1.165) is 25.0 Å². The smallest absolute Gasteiger partial charge is 0.407 e. The third-order valence-electron chi connectivity index (χ3n) is 3.71. The molecular weight excluding hydrogens is 296 g/mol. The fraction of sp³-hybridized carbons (Fsp3) is 0.529. The molecule has 2 amide bonds. The molecule has 6 nitrogen and oxygen atoms in total. The van der Waals surface area contributed by atoms with Crippen LogP contribution in [-0.4, -0.2) is 37.9 Å². The third kappa shape index (κ3) is 5.90. The number of amides is 2. The first-order valence-electron chi connectivity index (χ1n) is 8.05. The minimum Gasteiger partial charge on any atom is -0.450 e. The zero-order chi connectivity index (χ0) is 16.5. The van der Waals surface area contributed by atoms with Crippen molar-refractivity contribution in [2.75, 3.05) is 19.8 Å². The predicted molar refractivity (Wildman–Crippen MR) is 85.9 cm³/mol. The Bertz CT molecular complexity index is 501. The zero-order valence-corrected chi connectivity index (χ0v) is 13.4. The van der Waals surface area contributed by atoms with Crippen LogP contribution in [-0.2, 0) is 14.3 Å². The van der Waals surface area contributed by atoms with Crippen molar-refractivity contribution in [1.29, 1.82) is 0 Å². The van der Waals surface area contributed by atoms with E-state index in [0.29, 0.717) is 13.2 Å². The maximum absolute atomic E-state index is 12.2. The van der Waals surface area contributed by atoms with E-state index in [-0.39, 0.29) is 18.4 Å². The highest BCUT2D eigenvalue weighted by molar-refractivity contribution is 5.78. The van der Waals surface area contributed by atoms with Gasteiger partial charge in [-0.05, 0) is 25.3 Å². The lowest BCUT2D eigenvalue weighted by atomic mass is 10.0. The lowest BCUT2D eigenvalue weighted by Crippen LogP contribution is -2.36. The second-order valence-electron chi connectivity index (χ2n) is 5.47. The molecule has 0 radical (unpaired) electrons. The minimum absolute atomic E-state index is 0.104. The highest BCUT2D eigenvalue weighted by atomic mass is 16.5. The molecule has 1 saturated heterocycles. The molecule has 6 heteroatoms. The normalized spacial score (nSPS) is 18.2. The van der Waals surface area contributed by atoms with Crippen LogP contribution in [0.15, 0.2) is 30.3 Å².